The zero-order valence-electron chi connectivity index (χ0n) is 10.9. The van der Waals surface area contributed by atoms with Gasteiger partial charge in [-0.2, -0.15) is 0 Å². The van der Waals surface area contributed by atoms with Gasteiger partial charge in [0.1, 0.15) is 17.3 Å². The molecule has 0 saturated heterocycles. The van der Waals surface area contributed by atoms with Gasteiger partial charge in [0.2, 0.25) is 5.88 Å². The zero-order valence-corrected chi connectivity index (χ0v) is 10.9. The molecule has 2 aromatic rings. The lowest BCUT2D eigenvalue weighted by Gasteiger charge is -2.09. The van der Waals surface area contributed by atoms with Crippen molar-refractivity contribution in [2.24, 2.45) is 5.73 Å². The minimum Gasteiger partial charge on any atom is -0.437 e. The lowest BCUT2D eigenvalue weighted by molar-refractivity contribution is 0.459. The quantitative estimate of drug-likeness (QED) is 0.650. The van der Waals surface area contributed by atoms with Crippen molar-refractivity contribution in [3.05, 3.63) is 47.9 Å². The number of amidine groups is 1. The zero-order chi connectivity index (χ0) is 13.8. The Labute approximate surface area is 112 Å². The van der Waals surface area contributed by atoms with Crippen LogP contribution < -0.4 is 10.5 Å². The number of nitrogen functional groups attached to an aromatic ring is 1. The molecule has 0 unspecified atom stereocenters. The molecule has 0 spiro atoms. The summed E-state index contributed by atoms with van der Waals surface area (Å²) in [6.45, 7) is 4.25. The van der Waals surface area contributed by atoms with E-state index in [1.165, 1.54) is 18.0 Å². The normalized spacial score (nSPS) is 10.5. The van der Waals surface area contributed by atoms with Crippen LogP contribution in [-0.4, -0.2) is 15.8 Å². The Hall–Kier alpha value is -2.43. The molecular weight excluding hydrogens is 240 g/mol. The smallest absolute Gasteiger partial charge is 0.237 e. The molecule has 3 N–H and O–H groups in total. The van der Waals surface area contributed by atoms with Gasteiger partial charge in [0.25, 0.3) is 0 Å². The van der Waals surface area contributed by atoms with E-state index in [4.69, 9.17) is 15.9 Å². The maximum absolute atomic E-state index is 7.24. The van der Waals surface area contributed by atoms with Crippen LogP contribution in [0.1, 0.15) is 31.0 Å². The van der Waals surface area contributed by atoms with Crippen LogP contribution >= 0.6 is 0 Å². The van der Waals surface area contributed by atoms with E-state index in [0.717, 1.165) is 5.75 Å². The number of rotatable bonds is 4. The molecule has 5 nitrogen and oxygen atoms in total. The average Bonchev–Trinajstić information content (AvgIpc) is 2.39. The fraction of sp³-hybridized carbons (Fsp3) is 0.214. The third-order valence-electron chi connectivity index (χ3n) is 2.65. The number of nitrogens with one attached hydrogen (secondary N) is 1. The molecule has 2 rings (SSSR count). The molecule has 1 aromatic heterocycles. The number of nitrogens with two attached hydrogens (primary N) is 1. The number of aromatic nitrogens is 2. The molecule has 0 saturated carbocycles. The van der Waals surface area contributed by atoms with Crippen LogP contribution in [0.3, 0.4) is 0 Å². The van der Waals surface area contributed by atoms with Gasteiger partial charge in [0, 0.05) is 0 Å². The molecule has 19 heavy (non-hydrogen) atoms. The Kier molecular flexibility index (Phi) is 3.75. The number of nitrogens with zero attached hydrogens (tertiary/aromatic N) is 2. The molecule has 0 fully saturated rings. The van der Waals surface area contributed by atoms with Crippen LogP contribution in [0.4, 0.5) is 0 Å². The van der Waals surface area contributed by atoms with Crippen molar-refractivity contribution in [3.8, 4) is 11.6 Å². The third kappa shape index (κ3) is 3.28. The van der Waals surface area contributed by atoms with Crippen molar-refractivity contribution in [3.63, 3.8) is 0 Å². The summed E-state index contributed by atoms with van der Waals surface area (Å²) < 4.78 is 5.62. The Morgan fingerprint density at radius 3 is 2.63 bits per heavy atom. The summed E-state index contributed by atoms with van der Waals surface area (Å²) in [4.78, 5) is 8.06. The summed E-state index contributed by atoms with van der Waals surface area (Å²) in [5.41, 5.74) is 6.85. The summed E-state index contributed by atoms with van der Waals surface area (Å²) in [6.07, 6.45) is 2.88. The molecular formula is C14H16N4O. The molecule has 0 atom stereocenters. The van der Waals surface area contributed by atoms with E-state index in [1.54, 1.807) is 0 Å². The molecule has 0 amide bonds. The maximum Gasteiger partial charge on any atom is 0.237 e. The monoisotopic (exact) mass is 256 g/mol. The van der Waals surface area contributed by atoms with E-state index in [9.17, 15) is 0 Å². The van der Waals surface area contributed by atoms with E-state index >= 15 is 0 Å². The first kappa shape index (κ1) is 13.0. The SMILES string of the molecule is CC(C)c1cccc(Oc2cnc(C(=N)N)cn2)c1. The second kappa shape index (κ2) is 5.48. The third-order valence-corrected chi connectivity index (χ3v) is 2.65. The molecule has 0 radical (unpaired) electrons. The average molecular weight is 256 g/mol. The fourth-order valence-electron chi connectivity index (χ4n) is 1.57. The first-order valence-electron chi connectivity index (χ1n) is 6.00. The van der Waals surface area contributed by atoms with Gasteiger partial charge in [-0.25, -0.2) is 9.97 Å². The van der Waals surface area contributed by atoms with Crippen molar-refractivity contribution >= 4 is 5.84 Å². The lowest BCUT2D eigenvalue weighted by Crippen LogP contribution is -2.13. The van der Waals surface area contributed by atoms with Gasteiger partial charge in [0.15, 0.2) is 0 Å². The predicted molar refractivity (Wildman–Crippen MR) is 73.7 cm³/mol. The van der Waals surface area contributed by atoms with Crippen LogP contribution in [0.15, 0.2) is 36.7 Å². The predicted octanol–water partition coefficient (Wildman–Crippen LogP) is 2.68. The van der Waals surface area contributed by atoms with Crippen LogP contribution in [0.5, 0.6) is 11.6 Å². The van der Waals surface area contributed by atoms with Gasteiger partial charge < -0.3 is 10.5 Å². The van der Waals surface area contributed by atoms with E-state index in [-0.39, 0.29) is 5.84 Å². The Morgan fingerprint density at radius 1 is 1.26 bits per heavy atom. The number of hydrogen-bond acceptors (Lipinski definition) is 4. The topological polar surface area (TPSA) is 84.9 Å². The maximum atomic E-state index is 7.24. The van der Waals surface area contributed by atoms with E-state index in [2.05, 4.69) is 29.9 Å². The van der Waals surface area contributed by atoms with Crippen LogP contribution in [-0.2, 0) is 0 Å². The molecule has 1 heterocycles. The van der Waals surface area contributed by atoms with Gasteiger partial charge in [-0.15, -0.1) is 0 Å². The van der Waals surface area contributed by atoms with Gasteiger partial charge >= 0.3 is 0 Å². The van der Waals surface area contributed by atoms with Gasteiger partial charge in [0.05, 0.1) is 12.4 Å². The summed E-state index contributed by atoms with van der Waals surface area (Å²) in [5, 5.41) is 7.24. The second-order valence-corrected chi connectivity index (χ2v) is 4.48. The summed E-state index contributed by atoms with van der Waals surface area (Å²) in [6, 6.07) is 7.85. The van der Waals surface area contributed by atoms with E-state index < -0.39 is 0 Å². The highest BCUT2D eigenvalue weighted by Crippen LogP contribution is 2.23. The fourth-order valence-corrected chi connectivity index (χ4v) is 1.57. The lowest BCUT2D eigenvalue weighted by atomic mass is 10.0. The highest BCUT2D eigenvalue weighted by Gasteiger charge is 2.04. The molecule has 0 aliphatic carbocycles. The van der Waals surface area contributed by atoms with Crippen molar-refractivity contribution in [1.29, 1.82) is 5.41 Å². The molecule has 5 heteroatoms. The Morgan fingerprint density at radius 2 is 2.05 bits per heavy atom. The molecule has 98 valence electrons. The van der Waals surface area contributed by atoms with Crippen molar-refractivity contribution < 1.29 is 4.74 Å². The van der Waals surface area contributed by atoms with Crippen molar-refractivity contribution in [1.82, 2.24) is 9.97 Å². The Bertz CT molecular complexity index is 578. The number of ether oxygens (including phenoxy) is 1. The van der Waals surface area contributed by atoms with Crippen LogP contribution in [0, 0.1) is 5.41 Å². The minimum absolute atomic E-state index is 0.110. The molecule has 1 aromatic carbocycles. The minimum atomic E-state index is -0.110. The highest BCUT2D eigenvalue weighted by molar-refractivity contribution is 5.92. The van der Waals surface area contributed by atoms with Crippen molar-refractivity contribution in [2.75, 3.05) is 0 Å². The van der Waals surface area contributed by atoms with E-state index in [0.29, 0.717) is 17.5 Å². The van der Waals surface area contributed by atoms with Gasteiger partial charge in [-0.3, -0.25) is 5.41 Å². The standard InChI is InChI=1S/C14H16N4O/c1-9(2)10-4-3-5-11(6-10)19-13-8-17-12(7-18-13)14(15)16/h3-9H,1-2H3,(H3,15,16). The van der Waals surface area contributed by atoms with Crippen LogP contribution in [0.25, 0.3) is 0 Å². The highest BCUT2D eigenvalue weighted by atomic mass is 16.5. The molecule has 0 aliphatic heterocycles. The van der Waals surface area contributed by atoms with Crippen LogP contribution in [0.2, 0.25) is 0 Å². The second-order valence-electron chi connectivity index (χ2n) is 4.48. The van der Waals surface area contributed by atoms with Crippen molar-refractivity contribution in [2.45, 2.75) is 19.8 Å². The first-order chi connectivity index (χ1) is 9.06. The number of benzene rings is 1. The summed E-state index contributed by atoms with van der Waals surface area (Å²) in [5.74, 6) is 1.43. The van der Waals surface area contributed by atoms with E-state index in [1.807, 2.05) is 18.2 Å². The van der Waals surface area contributed by atoms with Gasteiger partial charge in [-0.1, -0.05) is 26.0 Å². The Balaban J connectivity index is 2.16. The largest absolute Gasteiger partial charge is 0.437 e. The first-order valence-corrected chi connectivity index (χ1v) is 6.00. The molecule has 0 bridgehead atoms. The summed E-state index contributed by atoms with van der Waals surface area (Å²) in [7, 11) is 0. The van der Waals surface area contributed by atoms with Gasteiger partial charge in [-0.05, 0) is 23.6 Å². The number of hydrogen-bond donors (Lipinski definition) is 2. The summed E-state index contributed by atoms with van der Waals surface area (Å²) >= 11 is 0. The molecule has 0 aliphatic rings.